The average Bonchev–Trinajstić information content (AvgIpc) is 3.03. The van der Waals surface area contributed by atoms with Gasteiger partial charge in [0.1, 0.15) is 5.52 Å². The van der Waals surface area contributed by atoms with E-state index in [0.717, 1.165) is 22.2 Å². The maximum absolute atomic E-state index is 12.1. The minimum absolute atomic E-state index is 0.00350. The summed E-state index contributed by atoms with van der Waals surface area (Å²) in [4.78, 5) is 16.5. The van der Waals surface area contributed by atoms with E-state index in [0.29, 0.717) is 36.8 Å². The van der Waals surface area contributed by atoms with E-state index in [2.05, 4.69) is 10.3 Å². The number of aromatic nitrogens is 1. The standard InChI is InChI=1S/C20H22N2O4/c1-13-22-16-10-14(4-7-17(16)26-13)6-9-20(23)21-12-15-5-8-18(24-2)19(11-15)25-3/h4-5,7-8,10-11H,6,9,12H2,1-3H3,(H,21,23). The summed E-state index contributed by atoms with van der Waals surface area (Å²) in [5.41, 5.74) is 3.61. The minimum Gasteiger partial charge on any atom is -0.493 e. The lowest BCUT2D eigenvalue weighted by Gasteiger charge is -2.10. The number of methoxy groups -OCH3 is 2. The first-order valence-corrected chi connectivity index (χ1v) is 8.42. The van der Waals surface area contributed by atoms with Gasteiger partial charge in [-0.25, -0.2) is 4.98 Å². The topological polar surface area (TPSA) is 73.6 Å². The van der Waals surface area contributed by atoms with Crippen molar-refractivity contribution >= 4 is 17.0 Å². The first kappa shape index (κ1) is 17.8. The highest BCUT2D eigenvalue weighted by atomic mass is 16.5. The van der Waals surface area contributed by atoms with Crippen molar-refractivity contribution in [3.05, 3.63) is 53.4 Å². The van der Waals surface area contributed by atoms with E-state index in [-0.39, 0.29) is 5.91 Å². The lowest BCUT2D eigenvalue weighted by atomic mass is 10.1. The molecule has 0 fully saturated rings. The van der Waals surface area contributed by atoms with Gasteiger partial charge in [0, 0.05) is 19.9 Å². The van der Waals surface area contributed by atoms with E-state index in [1.54, 1.807) is 14.2 Å². The second kappa shape index (κ2) is 7.91. The molecule has 0 bridgehead atoms. The third kappa shape index (κ3) is 4.14. The number of amides is 1. The molecule has 0 unspecified atom stereocenters. The number of rotatable bonds is 7. The Morgan fingerprint density at radius 3 is 2.62 bits per heavy atom. The van der Waals surface area contributed by atoms with Gasteiger partial charge in [0.05, 0.1) is 14.2 Å². The van der Waals surface area contributed by atoms with E-state index < -0.39 is 0 Å². The number of nitrogens with zero attached hydrogens (tertiary/aromatic N) is 1. The summed E-state index contributed by atoms with van der Waals surface area (Å²) in [6.45, 7) is 2.27. The van der Waals surface area contributed by atoms with Gasteiger partial charge in [-0.1, -0.05) is 12.1 Å². The van der Waals surface area contributed by atoms with E-state index in [1.165, 1.54) is 0 Å². The Labute approximate surface area is 152 Å². The molecule has 3 rings (SSSR count). The molecule has 0 spiro atoms. The molecule has 0 radical (unpaired) electrons. The lowest BCUT2D eigenvalue weighted by molar-refractivity contribution is -0.121. The minimum atomic E-state index is -0.00350. The molecule has 0 aliphatic heterocycles. The molecule has 1 amide bonds. The van der Waals surface area contributed by atoms with Crippen LogP contribution in [0.5, 0.6) is 11.5 Å². The first-order chi connectivity index (χ1) is 12.6. The maximum Gasteiger partial charge on any atom is 0.220 e. The molecule has 1 heterocycles. The van der Waals surface area contributed by atoms with E-state index in [9.17, 15) is 4.79 Å². The van der Waals surface area contributed by atoms with Crippen LogP contribution in [0.2, 0.25) is 0 Å². The van der Waals surface area contributed by atoms with Gasteiger partial charge in [-0.15, -0.1) is 0 Å². The van der Waals surface area contributed by atoms with Crippen molar-refractivity contribution in [2.24, 2.45) is 0 Å². The van der Waals surface area contributed by atoms with Crippen molar-refractivity contribution in [1.29, 1.82) is 0 Å². The zero-order valence-electron chi connectivity index (χ0n) is 15.2. The number of carbonyl (C=O) groups is 1. The summed E-state index contributed by atoms with van der Waals surface area (Å²) in [6.07, 6.45) is 1.06. The van der Waals surface area contributed by atoms with Gasteiger partial charge in [-0.2, -0.15) is 0 Å². The fourth-order valence-electron chi connectivity index (χ4n) is 2.78. The highest BCUT2D eigenvalue weighted by molar-refractivity contribution is 5.77. The predicted molar refractivity (Wildman–Crippen MR) is 98.5 cm³/mol. The van der Waals surface area contributed by atoms with Crippen molar-refractivity contribution in [3.8, 4) is 11.5 Å². The number of fused-ring (bicyclic) bond motifs is 1. The second-order valence-electron chi connectivity index (χ2n) is 6.00. The third-order valence-corrected chi connectivity index (χ3v) is 4.14. The van der Waals surface area contributed by atoms with Crippen LogP contribution in [-0.2, 0) is 17.8 Å². The number of carbonyl (C=O) groups excluding carboxylic acids is 1. The highest BCUT2D eigenvalue weighted by Gasteiger charge is 2.08. The van der Waals surface area contributed by atoms with Gasteiger partial charge in [0.15, 0.2) is 23.0 Å². The second-order valence-corrected chi connectivity index (χ2v) is 6.00. The van der Waals surface area contributed by atoms with Crippen LogP contribution >= 0.6 is 0 Å². The van der Waals surface area contributed by atoms with Crippen molar-refractivity contribution in [3.63, 3.8) is 0 Å². The molecule has 0 aliphatic rings. The lowest BCUT2D eigenvalue weighted by Crippen LogP contribution is -2.23. The zero-order chi connectivity index (χ0) is 18.5. The average molecular weight is 354 g/mol. The highest BCUT2D eigenvalue weighted by Crippen LogP contribution is 2.27. The number of aryl methyl sites for hydroxylation is 2. The molecule has 0 saturated carbocycles. The first-order valence-electron chi connectivity index (χ1n) is 8.42. The van der Waals surface area contributed by atoms with Crippen molar-refractivity contribution in [2.75, 3.05) is 14.2 Å². The predicted octanol–water partition coefficient (Wildman–Crippen LogP) is 3.40. The molecule has 136 valence electrons. The Bertz CT molecular complexity index is 917. The fourth-order valence-corrected chi connectivity index (χ4v) is 2.78. The Hall–Kier alpha value is -3.02. The van der Waals surface area contributed by atoms with Crippen LogP contribution in [-0.4, -0.2) is 25.1 Å². The third-order valence-electron chi connectivity index (χ3n) is 4.14. The molecule has 1 N–H and O–H groups in total. The van der Waals surface area contributed by atoms with Gasteiger partial charge in [0.2, 0.25) is 5.91 Å². The Morgan fingerprint density at radius 1 is 1.08 bits per heavy atom. The zero-order valence-corrected chi connectivity index (χ0v) is 15.2. The van der Waals surface area contributed by atoms with Crippen LogP contribution in [0, 0.1) is 6.92 Å². The fraction of sp³-hybridized carbons (Fsp3) is 0.300. The monoisotopic (exact) mass is 354 g/mol. The summed E-state index contributed by atoms with van der Waals surface area (Å²) in [5, 5.41) is 2.93. The van der Waals surface area contributed by atoms with Crippen molar-refractivity contribution < 1.29 is 18.7 Å². The number of hydrogen-bond acceptors (Lipinski definition) is 5. The Morgan fingerprint density at radius 2 is 1.85 bits per heavy atom. The number of ether oxygens (including phenoxy) is 2. The molecule has 6 heteroatoms. The van der Waals surface area contributed by atoms with Crippen LogP contribution in [0.25, 0.3) is 11.1 Å². The molecule has 3 aromatic rings. The Balaban J connectivity index is 1.53. The van der Waals surface area contributed by atoms with Gasteiger partial charge < -0.3 is 19.2 Å². The van der Waals surface area contributed by atoms with Gasteiger partial charge >= 0.3 is 0 Å². The molecule has 0 aliphatic carbocycles. The van der Waals surface area contributed by atoms with Crippen molar-refractivity contribution in [2.45, 2.75) is 26.3 Å². The quantitative estimate of drug-likeness (QED) is 0.704. The molecule has 1 aromatic heterocycles. The largest absolute Gasteiger partial charge is 0.493 e. The van der Waals surface area contributed by atoms with Crippen LogP contribution in [0.15, 0.2) is 40.8 Å². The van der Waals surface area contributed by atoms with Crippen LogP contribution in [0.4, 0.5) is 0 Å². The summed E-state index contributed by atoms with van der Waals surface area (Å²) in [5.74, 6) is 1.96. The van der Waals surface area contributed by atoms with E-state index in [1.807, 2.05) is 43.3 Å². The number of hydrogen-bond donors (Lipinski definition) is 1. The van der Waals surface area contributed by atoms with Crippen LogP contribution < -0.4 is 14.8 Å². The van der Waals surface area contributed by atoms with E-state index in [4.69, 9.17) is 13.9 Å². The smallest absolute Gasteiger partial charge is 0.220 e. The summed E-state index contributed by atoms with van der Waals surface area (Å²) < 4.78 is 15.9. The molecule has 26 heavy (non-hydrogen) atoms. The molecule has 0 saturated heterocycles. The number of benzene rings is 2. The molecule has 6 nitrogen and oxygen atoms in total. The summed E-state index contributed by atoms with van der Waals surface area (Å²) in [6, 6.07) is 11.4. The molecular formula is C20H22N2O4. The van der Waals surface area contributed by atoms with Gasteiger partial charge in [-0.3, -0.25) is 4.79 Å². The van der Waals surface area contributed by atoms with Gasteiger partial charge in [-0.05, 0) is 41.8 Å². The molecular weight excluding hydrogens is 332 g/mol. The van der Waals surface area contributed by atoms with Gasteiger partial charge in [0.25, 0.3) is 0 Å². The normalized spacial score (nSPS) is 10.7. The van der Waals surface area contributed by atoms with Crippen LogP contribution in [0.1, 0.15) is 23.4 Å². The number of oxazole rings is 1. The SMILES string of the molecule is COc1ccc(CNC(=O)CCc2ccc3oc(C)nc3c2)cc1OC. The van der Waals surface area contributed by atoms with Crippen molar-refractivity contribution in [1.82, 2.24) is 10.3 Å². The molecule has 2 aromatic carbocycles. The number of nitrogens with one attached hydrogen (secondary N) is 1. The molecule has 0 atom stereocenters. The van der Waals surface area contributed by atoms with Crippen LogP contribution in [0.3, 0.4) is 0 Å². The summed E-state index contributed by atoms with van der Waals surface area (Å²) in [7, 11) is 3.18. The van der Waals surface area contributed by atoms with E-state index >= 15 is 0 Å². The maximum atomic E-state index is 12.1. The Kier molecular flexibility index (Phi) is 5.41. The summed E-state index contributed by atoms with van der Waals surface area (Å²) >= 11 is 0.